The largest absolute Gasteiger partial charge is 0.487 e. The summed E-state index contributed by atoms with van der Waals surface area (Å²) < 4.78 is 6.01. The molecular weight excluding hydrogens is 354 g/mol. The molecule has 25 heavy (non-hydrogen) atoms. The Morgan fingerprint density at radius 1 is 1.24 bits per heavy atom. The summed E-state index contributed by atoms with van der Waals surface area (Å²) >= 11 is 7.55. The lowest BCUT2D eigenvalue weighted by atomic mass is 9.89. The van der Waals surface area contributed by atoms with Gasteiger partial charge < -0.3 is 10.1 Å². The van der Waals surface area contributed by atoms with Crippen LogP contribution in [0, 0.1) is 0 Å². The van der Waals surface area contributed by atoms with Crippen LogP contribution in [0.5, 0.6) is 5.75 Å². The zero-order valence-electron chi connectivity index (χ0n) is 14.4. The highest BCUT2D eigenvalue weighted by Gasteiger charge is 2.34. The number of thioether (sulfide) groups is 1. The summed E-state index contributed by atoms with van der Waals surface area (Å²) in [6.45, 7) is 4.11. The molecule has 0 spiro atoms. The summed E-state index contributed by atoms with van der Waals surface area (Å²) in [6, 6.07) is 15.6. The van der Waals surface area contributed by atoms with Gasteiger partial charge in [0.25, 0.3) is 0 Å². The fourth-order valence-electron chi connectivity index (χ4n) is 2.99. The van der Waals surface area contributed by atoms with Crippen molar-refractivity contribution in [3.05, 3.63) is 59.1 Å². The van der Waals surface area contributed by atoms with Crippen molar-refractivity contribution in [2.24, 2.45) is 0 Å². The lowest BCUT2D eigenvalue weighted by Crippen LogP contribution is -2.41. The quantitative estimate of drug-likeness (QED) is 0.726. The summed E-state index contributed by atoms with van der Waals surface area (Å²) in [4.78, 5) is 13.5. The number of carbonyl (C=O) groups is 1. The van der Waals surface area contributed by atoms with E-state index in [1.807, 2.05) is 48.5 Å². The molecule has 0 aliphatic carbocycles. The van der Waals surface area contributed by atoms with E-state index in [2.05, 4.69) is 19.2 Å². The number of halogens is 1. The highest BCUT2D eigenvalue weighted by atomic mass is 35.5. The minimum Gasteiger partial charge on any atom is -0.487 e. The van der Waals surface area contributed by atoms with Gasteiger partial charge in [0.1, 0.15) is 11.4 Å². The van der Waals surface area contributed by atoms with Crippen LogP contribution in [-0.4, -0.2) is 17.3 Å². The molecule has 5 heteroatoms. The molecule has 0 radical (unpaired) electrons. The van der Waals surface area contributed by atoms with Crippen LogP contribution in [-0.2, 0) is 4.79 Å². The van der Waals surface area contributed by atoms with E-state index in [0.717, 1.165) is 33.4 Å². The monoisotopic (exact) mass is 375 g/mol. The summed E-state index contributed by atoms with van der Waals surface area (Å²) in [5.41, 5.74) is 0.769. The molecular formula is C20H22ClNO2S. The number of carbonyl (C=O) groups excluding carboxylic acids is 1. The predicted octanol–water partition coefficient (Wildman–Crippen LogP) is 5.24. The van der Waals surface area contributed by atoms with Gasteiger partial charge in [0, 0.05) is 34.1 Å². The van der Waals surface area contributed by atoms with Gasteiger partial charge in [-0.3, -0.25) is 4.79 Å². The van der Waals surface area contributed by atoms with Gasteiger partial charge in [0.05, 0.1) is 6.04 Å². The van der Waals surface area contributed by atoms with Crippen LogP contribution in [0.4, 0.5) is 0 Å². The van der Waals surface area contributed by atoms with E-state index in [4.69, 9.17) is 16.3 Å². The van der Waals surface area contributed by atoms with Crippen molar-refractivity contribution in [3.8, 4) is 5.75 Å². The fraction of sp³-hybridized carbons (Fsp3) is 0.350. The number of benzene rings is 2. The number of rotatable bonds is 5. The minimum atomic E-state index is -0.287. The molecule has 2 aromatic carbocycles. The van der Waals surface area contributed by atoms with E-state index in [1.165, 1.54) is 0 Å². The van der Waals surface area contributed by atoms with Crippen molar-refractivity contribution in [2.45, 2.75) is 43.2 Å². The molecule has 0 saturated carbocycles. The normalized spacial score (nSPS) is 18.1. The summed E-state index contributed by atoms with van der Waals surface area (Å²) in [5, 5.41) is 3.90. The van der Waals surface area contributed by atoms with Gasteiger partial charge in [0.2, 0.25) is 5.91 Å². The Bertz CT molecular complexity index is 746. The van der Waals surface area contributed by atoms with Crippen LogP contribution in [0.15, 0.2) is 53.4 Å². The van der Waals surface area contributed by atoms with Crippen molar-refractivity contribution in [1.29, 1.82) is 0 Å². The van der Waals surface area contributed by atoms with Crippen LogP contribution >= 0.6 is 23.4 Å². The molecule has 0 unspecified atom stereocenters. The van der Waals surface area contributed by atoms with Crippen molar-refractivity contribution >= 4 is 29.3 Å². The van der Waals surface area contributed by atoms with Gasteiger partial charge in [-0.15, -0.1) is 11.8 Å². The van der Waals surface area contributed by atoms with Gasteiger partial charge in [-0.25, -0.2) is 0 Å². The van der Waals surface area contributed by atoms with E-state index >= 15 is 0 Å². The van der Waals surface area contributed by atoms with E-state index in [-0.39, 0.29) is 17.6 Å². The smallest absolute Gasteiger partial charge is 0.221 e. The maximum absolute atomic E-state index is 12.4. The van der Waals surface area contributed by atoms with Crippen LogP contribution in [0.2, 0.25) is 5.02 Å². The van der Waals surface area contributed by atoms with Crippen molar-refractivity contribution < 1.29 is 9.53 Å². The van der Waals surface area contributed by atoms with Crippen LogP contribution < -0.4 is 10.1 Å². The van der Waals surface area contributed by atoms with Gasteiger partial charge in [0.15, 0.2) is 0 Å². The highest BCUT2D eigenvalue weighted by Crippen LogP contribution is 2.39. The maximum Gasteiger partial charge on any atom is 0.221 e. The Balaban J connectivity index is 1.56. The molecule has 1 N–H and O–H groups in total. The molecule has 3 nitrogen and oxygen atoms in total. The van der Waals surface area contributed by atoms with Gasteiger partial charge in [-0.1, -0.05) is 29.8 Å². The zero-order valence-corrected chi connectivity index (χ0v) is 16.0. The van der Waals surface area contributed by atoms with Crippen molar-refractivity contribution in [1.82, 2.24) is 5.32 Å². The third-order valence-electron chi connectivity index (χ3n) is 4.12. The van der Waals surface area contributed by atoms with Gasteiger partial charge in [-0.2, -0.15) is 0 Å². The SMILES string of the molecule is CC1(C)C[C@H](NC(=O)CCSc2ccc(Cl)cc2)c2ccccc2O1. The molecule has 1 heterocycles. The maximum atomic E-state index is 12.4. The molecule has 2 aromatic rings. The molecule has 1 aliphatic rings. The first-order valence-corrected chi connectivity index (χ1v) is 9.75. The van der Waals surface area contributed by atoms with Crippen LogP contribution in [0.1, 0.15) is 38.3 Å². The lowest BCUT2D eigenvalue weighted by Gasteiger charge is -2.37. The lowest BCUT2D eigenvalue weighted by molar-refractivity contribution is -0.121. The third kappa shape index (κ3) is 4.93. The van der Waals surface area contributed by atoms with Gasteiger partial charge >= 0.3 is 0 Å². The van der Waals surface area contributed by atoms with E-state index in [1.54, 1.807) is 11.8 Å². The summed E-state index contributed by atoms with van der Waals surface area (Å²) in [7, 11) is 0. The Kier molecular flexibility index (Phi) is 5.60. The van der Waals surface area contributed by atoms with Crippen molar-refractivity contribution in [3.63, 3.8) is 0 Å². The first kappa shape index (κ1) is 18.2. The van der Waals surface area contributed by atoms with E-state index < -0.39 is 0 Å². The second-order valence-electron chi connectivity index (χ2n) is 6.78. The average Bonchev–Trinajstić information content (AvgIpc) is 2.55. The van der Waals surface area contributed by atoms with E-state index in [0.29, 0.717) is 6.42 Å². The number of ether oxygens (including phenoxy) is 1. The summed E-state index contributed by atoms with van der Waals surface area (Å²) in [5.74, 6) is 1.67. The van der Waals surface area contributed by atoms with Crippen LogP contribution in [0.3, 0.4) is 0 Å². The first-order valence-electron chi connectivity index (χ1n) is 8.39. The second kappa shape index (κ2) is 7.71. The standard InChI is InChI=1S/C20H22ClNO2S/c1-20(2)13-17(16-5-3-4-6-18(16)24-20)22-19(23)11-12-25-15-9-7-14(21)8-10-15/h3-10,17H,11-13H2,1-2H3,(H,22,23)/t17-/m0/s1. The number of amides is 1. The first-order chi connectivity index (χ1) is 11.9. The number of para-hydroxylation sites is 1. The minimum absolute atomic E-state index is 0.00650. The zero-order chi connectivity index (χ0) is 17.9. The Morgan fingerprint density at radius 3 is 2.72 bits per heavy atom. The number of hydrogen-bond acceptors (Lipinski definition) is 3. The molecule has 1 atom stereocenters. The number of hydrogen-bond donors (Lipinski definition) is 1. The molecule has 1 aliphatic heterocycles. The number of nitrogens with one attached hydrogen (secondary N) is 1. The molecule has 132 valence electrons. The van der Waals surface area contributed by atoms with Gasteiger partial charge in [-0.05, 0) is 44.2 Å². The molecule has 1 amide bonds. The Morgan fingerprint density at radius 2 is 1.96 bits per heavy atom. The number of fused-ring (bicyclic) bond motifs is 1. The van der Waals surface area contributed by atoms with E-state index in [9.17, 15) is 4.79 Å². The summed E-state index contributed by atoms with van der Waals surface area (Å²) in [6.07, 6.45) is 1.24. The Hall–Kier alpha value is -1.65. The Labute approximate surface area is 158 Å². The molecule has 0 aromatic heterocycles. The molecule has 0 fully saturated rings. The second-order valence-corrected chi connectivity index (χ2v) is 8.38. The molecule has 0 bridgehead atoms. The van der Waals surface area contributed by atoms with Crippen molar-refractivity contribution in [2.75, 3.05) is 5.75 Å². The average molecular weight is 376 g/mol. The molecule has 0 saturated heterocycles. The predicted molar refractivity (Wildman–Crippen MR) is 103 cm³/mol. The highest BCUT2D eigenvalue weighted by molar-refractivity contribution is 7.99. The topological polar surface area (TPSA) is 38.3 Å². The van der Waals surface area contributed by atoms with Crippen LogP contribution in [0.25, 0.3) is 0 Å². The molecule has 3 rings (SSSR count). The fourth-order valence-corrected chi connectivity index (χ4v) is 3.97. The third-order valence-corrected chi connectivity index (χ3v) is 5.39.